The van der Waals surface area contributed by atoms with E-state index in [-0.39, 0.29) is 36.9 Å². The molecule has 0 saturated carbocycles. The zero-order chi connectivity index (χ0) is 26.2. The van der Waals surface area contributed by atoms with Crippen LogP contribution in [0.25, 0.3) is 0 Å². The molecule has 0 spiro atoms. The lowest BCUT2D eigenvalue weighted by Crippen LogP contribution is -2.60. The Labute approximate surface area is 207 Å². The molecule has 1 aliphatic heterocycles. The third kappa shape index (κ3) is 5.62. The molecular weight excluding hydrogens is 483 g/mol. The highest BCUT2D eigenvalue weighted by Gasteiger charge is 2.50. The molecule has 0 radical (unpaired) electrons. The van der Waals surface area contributed by atoms with Crippen LogP contribution in [0.5, 0.6) is 0 Å². The Morgan fingerprint density at radius 2 is 1.77 bits per heavy atom. The highest BCUT2D eigenvalue weighted by molar-refractivity contribution is 6.30. The normalized spacial score (nSPS) is 21.0. The summed E-state index contributed by atoms with van der Waals surface area (Å²) in [5.41, 5.74) is -2.36. The standard InChI is InChI=1S/C25H29ClF3N3O3/c1-15(2)20(31-21(33)16-5-10-19(30-13-16)25(27,28)29)22(34)32-12-11-24(35,23(3,4)14-32)17-6-8-18(26)9-7-17/h5-10,13,15,20,35H,11-12,14H2,1-4H3,(H,31,33)/t20-,24+/m1/s1. The first-order chi connectivity index (χ1) is 16.2. The summed E-state index contributed by atoms with van der Waals surface area (Å²) < 4.78 is 38.3. The fourth-order valence-electron chi connectivity index (χ4n) is 4.40. The SMILES string of the molecule is CC(C)[C@@H](NC(=O)c1ccc(C(F)(F)F)nc1)C(=O)N1CC[C@](O)(c2ccc(Cl)cc2)C(C)(C)C1. The van der Waals surface area contributed by atoms with E-state index >= 15 is 0 Å². The number of benzene rings is 1. The van der Waals surface area contributed by atoms with Crippen LogP contribution in [0.15, 0.2) is 42.6 Å². The smallest absolute Gasteiger partial charge is 0.384 e. The van der Waals surface area contributed by atoms with Crippen molar-refractivity contribution in [2.24, 2.45) is 11.3 Å². The van der Waals surface area contributed by atoms with Gasteiger partial charge in [-0.15, -0.1) is 0 Å². The van der Waals surface area contributed by atoms with Crippen LogP contribution in [-0.2, 0) is 16.6 Å². The number of nitrogens with zero attached hydrogens (tertiary/aromatic N) is 2. The molecule has 0 aliphatic carbocycles. The summed E-state index contributed by atoms with van der Waals surface area (Å²) in [7, 11) is 0. The molecule has 0 bridgehead atoms. The molecule has 1 aromatic heterocycles. The molecule has 2 amide bonds. The van der Waals surface area contributed by atoms with E-state index in [4.69, 9.17) is 11.6 Å². The second-order valence-corrected chi connectivity index (χ2v) is 10.3. The minimum absolute atomic E-state index is 0.0764. The summed E-state index contributed by atoms with van der Waals surface area (Å²) in [4.78, 5) is 31.0. The van der Waals surface area contributed by atoms with Crippen molar-refractivity contribution in [3.8, 4) is 0 Å². The van der Waals surface area contributed by atoms with Crippen LogP contribution in [-0.4, -0.2) is 45.9 Å². The van der Waals surface area contributed by atoms with E-state index in [1.807, 2.05) is 13.8 Å². The minimum atomic E-state index is -4.61. The van der Waals surface area contributed by atoms with E-state index in [0.29, 0.717) is 10.6 Å². The molecule has 190 valence electrons. The number of carbonyl (C=O) groups is 2. The molecule has 2 N–H and O–H groups in total. The van der Waals surface area contributed by atoms with Crippen molar-refractivity contribution in [1.82, 2.24) is 15.2 Å². The summed E-state index contributed by atoms with van der Waals surface area (Å²) in [6.45, 7) is 7.80. The lowest BCUT2D eigenvalue weighted by Gasteiger charge is -2.51. The molecule has 2 heterocycles. The van der Waals surface area contributed by atoms with Crippen LogP contribution >= 0.6 is 11.6 Å². The van der Waals surface area contributed by atoms with Gasteiger partial charge in [0.25, 0.3) is 5.91 Å². The molecule has 1 aliphatic rings. The number of hydrogen-bond donors (Lipinski definition) is 2. The molecule has 0 unspecified atom stereocenters. The maximum atomic E-state index is 13.4. The number of rotatable bonds is 5. The summed E-state index contributed by atoms with van der Waals surface area (Å²) in [5, 5.41) is 14.7. The van der Waals surface area contributed by atoms with Gasteiger partial charge >= 0.3 is 6.18 Å². The van der Waals surface area contributed by atoms with E-state index in [2.05, 4.69) is 10.3 Å². The van der Waals surface area contributed by atoms with E-state index in [9.17, 15) is 27.9 Å². The van der Waals surface area contributed by atoms with Gasteiger partial charge in [-0.2, -0.15) is 13.2 Å². The first kappa shape index (κ1) is 26.9. The number of pyridine rings is 1. The van der Waals surface area contributed by atoms with Crippen molar-refractivity contribution in [3.05, 3.63) is 64.4 Å². The predicted octanol–water partition coefficient (Wildman–Crippen LogP) is 4.65. The summed E-state index contributed by atoms with van der Waals surface area (Å²) in [5.74, 6) is -1.29. The lowest BCUT2D eigenvalue weighted by molar-refractivity contribution is -0.155. The van der Waals surface area contributed by atoms with Crippen LogP contribution in [0.3, 0.4) is 0 Å². The Kier molecular flexibility index (Phi) is 7.53. The predicted molar refractivity (Wildman–Crippen MR) is 126 cm³/mol. The summed E-state index contributed by atoms with van der Waals surface area (Å²) in [6, 6.07) is 7.83. The number of aliphatic hydroxyl groups is 1. The first-order valence-electron chi connectivity index (χ1n) is 11.3. The van der Waals surface area contributed by atoms with Crippen molar-refractivity contribution >= 4 is 23.4 Å². The maximum absolute atomic E-state index is 13.4. The van der Waals surface area contributed by atoms with Gasteiger partial charge in [0.15, 0.2) is 0 Å². The van der Waals surface area contributed by atoms with E-state index in [1.165, 1.54) is 0 Å². The first-order valence-corrected chi connectivity index (χ1v) is 11.6. The number of likely N-dealkylation sites (tertiary alicyclic amines) is 1. The zero-order valence-corrected chi connectivity index (χ0v) is 20.7. The number of carbonyl (C=O) groups excluding carboxylic acids is 2. The molecule has 1 saturated heterocycles. The van der Waals surface area contributed by atoms with Gasteiger partial charge in [0.2, 0.25) is 5.91 Å². The molecule has 6 nitrogen and oxygen atoms in total. The second kappa shape index (κ2) is 9.78. The summed E-state index contributed by atoms with van der Waals surface area (Å²) >= 11 is 5.99. The molecular formula is C25H29ClF3N3O3. The number of hydrogen-bond acceptors (Lipinski definition) is 4. The molecule has 1 fully saturated rings. The van der Waals surface area contributed by atoms with Crippen LogP contribution in [0.2, 0.25) is 5.02 Å². The van der Waals surface area contributed by atoms with Crippen molar-refractivity contribution in [1.29, 1.82) is 0 Å². The monoisotopic (exact) mass is 511 g/mol. The number of nitrogens with one attached hydrogen (secondary N) is 1. The highest BCUT2D eigenvalue weighted by atomic mass is 35.5. The van der Waals surface area contributed by atoms with Gasteiger partial charge in [0, 0.05) is 29.7 Å². The van der Waals surface area contributed by atoms with Crippen molar-refractivity contribution in [3.63, 3.8) is 0 Å². The van der Waals surface area contributed by atoms with Gasteiger partial charge in [0.1, 0.15) is 11.7 Å². The van der Waals surface area contributed by atoms with Crippen molar-refractivity contribution in [2.45, 2.75) is 51.9 Å². The quantitative estimate of drug-likeness (QED) is 0.612. The van der Waals surface area contributed by atoms with Crippen LogP contribution in [0.4, 0.5) is 13.2 Å². The topological polar surface area (TPSA) is 82.5 Å². The molecule has 3 rings (SSSR count). The number of piperidine rings is 1. The Balaban J connectivity index is 1.75. The van der Waals surface area contributed by atoms with Crippen molar-refractivity contribution < 1.29 is 27.9 Å². The van der Waals surface area contributed by atoms with Gasteiger partial charge < -0.3 is 15.3 Å². The maximum Gasteiger partial charge on any atom is 0.433 e. The van der Waals surface area contributed by atoms with Crippen LogP contribution in [0.1, 0.15) is 55.7 Å². The largest absolute Gasteiger partial charge is 0.433 e. The van der Waals surface area contributed by atoms with Crippen LogP contribution < -0.4 is 5.32 Å². The van der Waals surface area contributed by atoms with Gasteiger partial charge in [-0.3, -0.25) is 14.6 Å². The number of aromatic nitrogens is 1. The molecule has 35 heavy (non-hydrogen) atoms. The highest BCUT2D eigenvalue weighted by Crippen LogP contribution is 2.46. The Hall–Kier alpha value is -2.65. The molecule has 1 aromatic carbocycles. The number of halogens is 4. The van der Waals surface area contributed by atoms with Gasteiger partial charge in [-0.05, 0) is 42.2 Å². The van der Waals surface area contributed by atoms with Crippen LogP contribution in [0, 0.1) is 11.3 Å². The van der Waals surface area contributed by atoms with Gasteiger partial charge in [0.05, 0.1) is 11.2 Å². The number of amides is 2. The minimum Gasteiger partial charge on any atom is -0.384 e. The fourth-order valence-corrected chi connectivity index (χ4v) is 4.53. The molecule has 10 heteroatoms. The Bertz CT molecular complexity index is 1070. The number of alkyl halides is 3. The third-order valence-electron chi connectivity index (χ3n) is 6.62. The van der Waals surface area contributed by atoms with E-state index < -0.39 is 34.8 Å². The zero-order valence-electron chi connectivity index (χ0n) is 20.0. The molecule has 2 atom stereocenters. The Morgan fingerprint density at radius 1 is 1.14 bits per heavy atom. The van der Waals surface area contributed by atoms with E-state index in [0.717, 1.165) is 18.3 Å². The Morgan fingerprint density at radius 3 is 2.26 bits per heavy atom. The lowest BCUT2D eigenvalue weighted by atomic mass is 9.66. The molecule has 2 aromatic rings. The summed E-state index contributed by atoms with van der Waals surface area (Å²) in [6.07, 6.45) is -3.48. The average molecular weight is 512 g/mol. The van der Waals surface area contributed by atoms with E-state index in [1.54, 1.807) is 43.0 Å². The average Bonchev–Trinajstić information content (AvgIpc) is 2.78. The second-order valence-electron chi connectivity index (χ2n) is 9.89. The van der Waals surface area contributed by atoms with Gasteiger partial charge in [-0.1, -0.05) is 51.4 Å². The van der Waals surface area contributed by atoms with Gasteiger partial charge in [-0.25, -0.2) is 0 Å². The third-order valence-corrected chi connectivity index (χ3v) is 6.87. The fraction of sp³-hybridized carbons (Fsp3) is 0.480. The van der Waals surface area contributed by atoms with Crippen molar-refractivity contribution in [2.75, 3.05) is 13.1 Å².